The van der Waals surface area contributed by atoms with Crippen LogP contribution in [0.2, 0.25) is 0 Å². The number of ether oxygens (including phenoxy) is 1. The van der Waals surface area contributed by atoms with Gasteiger partial charge >= 0.3 is 0 Å². The monoisotopic (exact) mass is 341 g/mol. The van der Waals surface area contributed by atoms with E-state index >= 15 is 0 Å². The third-order valence-electron chi connectivity index (χ3n) is 5.13. The van der Waals surface area contributed by atoms with E-state index in [0.717, 1.165) is 18.7 Å². The summed E-state index contributed by atoms with van der Waals surface area (Å²) in [5.74, 6) is 0.881. The van der Waals surface area contributed by atoms with Crippen LogP contribution in [0.1, 0.15) is 22.3 Å². The Labute approximate surface area is 155 Å². The highest BCUT2D eigenvalue weighted by molar-refractivity contribution is 5.51. The van der Waals surface area contributed by atoms with Crippen LogP contribution >= 0.6 is 0 Å². The van der Waals surface area contributed by atoms with Gasteiger partial charge in [0, 0.05) is 6.54 Å². The molecule has 0 fully saturated rings. The molecule has 0 saturated heterocycles. The van der Waals surface area contributed by atoms with E-state index in [1.54, 1.807) is 0 Å². The minimum absolute atomic E-state index is 0.383. The van der Waals surface area contributed by atoms with E-state index in [2.05, 4.69) is 60.4 Å². The Morgan fingerprint density at radius 2 is 1.58 bits per heavy atom. The second kappa shape index (κ2) is 7.19. The van der Waals surface area contributed by atoms with Crippen molar-refractivity contribution in [2.24, 2.45) is 0 Å². The molecule has 1 heterocycles. The van der Waals surface area contributed by atoms with Crippen molar-refractivity contribution in [3.8, 4) is 5.75 Å². The van der Waals surface area contributed by atoms with Crippen LogP contribution in [0.4, 0.5) is 0 Å². The van der Waals surface area contributed by atoms with Crippen molar-refractivity contribution in [2.45, 2.75) is 18.6 Å². The lowest BCUT2D eigenvalue weighted by Gasteiger charge is -2.39. The lowest BCUT2D eigenvalue weighted by molar-refractivity contribution is 0.301. The number of nitrogens with one attached hydrogen (secondary N) is 1. The first-order chi connectivity index (χ1) is 12.8. The third-order valence-corrected chi connectivity index (χ3v) is 5.13. The Hall–Kier alpha value is -2.84. The second-order valence-electron chi connectivity index (χ2n) is 6.60. The van der Waals surface area contributed by atoms with E-state index in [9.17, 15) is 0 Å². The molecule has 1 aliphatic rings. The van der Waals surface area contributed by atoms with Crippen LogP contribution < -0.4 is 10.1 Å². The summed E-state index contributed by atoms with van der Waals surface area (Å²) in [5.41, 5.74) is 4.66. The van der Waals surface area contributed by atoms with E-state index in [1.807, 2.05) is 36.4 Å². The van der Waals surface area contributed by atoms with E-state index in [-0.39, 0.29) is 5.54 Å². The average molecular weight is 341 g/mol. The predicted octanol–water partition coefficient (Wildman–Crippen LogP) is 4.84. The van der Waals surface area contributed by atoms with Gasteiger partial charge in [-0.2, -0.15) is 0 Å². The molecule has 1 atom stereocenters. The van der Waals surface area contributed by atoms with Gasteiger partial charge in [0.05, 0.1) is 5.54 Å². The Morgan fingerprint density at radius 1 is 0.885 bits per heavy atom. The number of hydrogen-bond donors (Lipinski definition) is 1. The van der Waals surface area contributed by atoms with Crippen LogP contribution in [0.5, 0.6) is 5.75 Å². The molecule has 2 heteroatoms. The van der Waals surface area contributed by atoms with Crippen molar-refractivity contribution in [3.63, 3.8) is 0 Å². The highest BCUT2D eigenvalue weighted by atomic mass is 16.5. The van der Waals surface area contributed by atoms with Gasteiger partial charge in [-0.1, -0.05) is 72.8 Å². The number of hydrogen-bond acceptors (Lipinski definition) is 2. The minimum Gasteiger partial charge on any atom is -0.489 e. The number of rotatable bonds is 5. The maximum atomic E-state index is 6.04. The zero-order valence-corrected chi connectivity index (χ0v) is 14.8. The van der Waals surface area contributed by atoms with Gasteiger partial charge in [-0.3, -0.25) is 0 Å². The summed E-state index contributed by atoms with van der Waals surface area (Å²) in [6.07, 6.45) is 3.07. The zero-order valence-electron chi connectivity index (χ0n) is 14.8. The molecular formula is C24H23NO. The van der Waals surface area contributed by atoms with Crippen molar-refractivity contribution >= 4 is 0 Å². The Kier molecular flexibility index (Phi) is 4.59. The fraction of sp³-hybridized carbons (Fsp3) is 0.167. The smallest absolute Gasteiger partial charge is 0.119 e. The molecule has 130 valence electrons. The first-order valence-electron chi connectivity index (χ1n) is 9.07. The fourth-order valence-corrected chi connectivity index (χ4v) is 3.85. The molecule has 0 amide bonds. The van der Waals surface area contributed by atoms with Gasteiger partial charge in [0.25, 0.3) is 0 Å². The summed E-state index contributed by atoms with van der Waals surface area (Å²) in [4.78, 5) is 0. The molecule has 0 aliphatic carbocycles. The molecule has 3 aromatic rings. The highest BCUT2D eigenvalue weighted by Crippen LogP contribution is 2.37. The summed E-state index contributed by atoms with van der Waals surface area (Å²) in [6.45, 7) is 5.64. The summed E-state index contributed by atoms with van der Waals surface area (Å²) < 4.78 is 6.04. The van der Waals surface area contributed by atoms with Crippen molar-refractivity contribution < 1.29 is 4.74 Å². The van der Waals surface area contributed by atoms with E-state index in [1.165, 1.54) is 22.3 Å². The van der Waals surface area contributed by atoms with Crippen LogP contribution in [0.25, 0.3) is 0 Å². The average Bonchev–Trinajstić information content (AvgIpc) is 2.73. The molecule has 26 heavy (non-hydrogen) atoms. The van der Waals surface area contributed by atoms with Crippen LogP contribution in [0.3, 0.4) is 0 Å². The Bertz CT molecular complexity index is 903. The summed E-state index contributed by atoms with van der Waals surface area (Å²) in [5, 5.41) is 3.72. The summed E-state index contributed by atoms with van der Waals surface area (Å²) >= 11 is 0. The van der Waals surface area contributed by atoms with E-state index in [0.29, 0.717) is 6.61 Å². The highest BCUT2D eigenvalue weighted by Gasteiger charge is 2.36. The van der Waals surface area contributed by atoms with Crippen molar-refractivity contribution in [2.75, 3.05) is 6.54 Å². The van der Waals surface area contributed by atoms with Crippen LogP contribution in [-0.4, -0.2) is 6.54 Å². The third kappa shape index (κ3) is 2.93. The quantitative estimate of drug-likeness (QED) is 0.671. The number of fused-ring (bicyclic) bond motifs is 1. The Morgan fingerprint density at radius 3 is 2.38 bits per heavy atom. The number of benzene rings is 3. The molecule has 0 radical (unpaired) electrons. The molecule has 1 N–H and O–H groups in total. The molecule has 0 spiro atoms. The molecular weight excluding hydrogens is 318 g/mol. The predicted molar refractivity (Wildman–Crippen MR) is 106 cm³/mol. The molecule has 1 unspecified atom stereocenters. The van der Waals surface area contributed by atoms with Gasteiger partial charge in [-0.15, -0.1) is 6.58 Å². The molecule has 0 saturated carbocycles. The van der Waals surface area contributed by atoms with Crippen LogP contribution in [0.15, 0.2) is 91.5 Å². The van der Waals surface area contributed by atoms with Crippen molar-refractivity contribution in [1.29, 1.82) is 0 Å². The van der Waals surface area contributed by atoms with Crippen molar-refractivity contribution in [1.82, 2.24) is 5.32 Å². The van der Waals surface area contributed by atoms with Crippen LogP contribution in [0, 0.1) is 0 Å². The lowest BCUT2D eigenvalue weighted by Crippen LogP contribution is -2.47. The zero-order chi connectivity index (χ0) is 17.8. The number of para-hydroxylation sites is 1. The maximum Gasteiger partial charge on any atom is 0.119 e. The molecule has 0 bridgehead atoms. The molecule has 2 nitrogen and oxygen atoms in total. The SMILES string of the molecule is C=CC1(c2ccccc2COc2ccccc2)NCCc2ccccc21. The van der Waals surface area contributed by atoms with E-state index in [4.69, 9.17) is 4.74 Å². The summed E-state index contributed by atoms with van der Waals surface area (Å²) in [6, 6.07) is 27.1. The molecule has 0 aromatic heterocycles. The summed E-state index contributed by atoms with van der Waals surface area (Å²) in [7, 11) is 0. The standard InChI is InChI=1S/C24H23NO/c1-2-24(22-14-8-6-10-19(22)16-17-25-24)23-15-9-7-11-20(23)18-26-21-12-4-3-5-13-21/h2-15,25H,1,16-18H2. The van der Waals surface area contributed by atoms with Gasteiger partial charge in [-0.05, 0) is 40.8 Å². The van der Waals surface area contributed by atoms with Gasteiger partial charge in [-0.25, -0.2) is 0 Å². The van der Waals surface area contributed by atoms with Gasteiger partial charge < -0.3 is 10.1 Å². The first-order valence-corrected chi connectivity index (χ1v) is 9.07. The minimum atomic E-state index is -0.383. The van der Waals surface area contributed by atoms with Gasteiger partial charge in [0.1, 0.15) is 12.4 Å². The second-order valence-corrected chi connectivity index (χ2v) is 6.60. The lowest BCUT2D eigenvalue weighted by atomic mass is 9.76. The van der Waals surface area contributed by atoms with Crippen LogP contribution in [-0.2, 0) is 18.6 Å². The topological polar surface area (TPSA) is 21.3 Å². The van der Waals surface area contributed by atoms with Gasteiger partial charge in [0.15, 0.2) is 0 Å². The van der Waals surface area contributed by atoms with E-state index < -0.39 is 0 Å². The largest absolute Gasteiger partial charge is 0.489 e. The molecule has 1 aliphatic heterocycles. The fourth-order valence-electron chi connectivity index (χ4n) is 3.85. The first kappa shape index (κ1) is 16.6. The molecule has 3 aromatic carbocycles. The van der Waals surface area contributed by atoms with Gasteiger partial charge in [0.2, 0.25) is 0 Å². The molecule has 4 rings (SSSR count). The maximum absolute atomic E-state index is 6.04. The normalized spacial score (nSPS) is 18.8. The van der Waals surface area contributed by atoms with Crippen molar-refractivity contribution in [3.05, 3.63) is 114 Å². The Balaban J connectivity index is 1.74.